The van der Waals surface area contributed by atoms with E-state index in [4.69, 9.17) is 16.7 Å². The van der Waals surface area contributed by atoms with Gasteiger partial charge in [-0.05, 0) is 18.1 Å². The van der Waals surface area contributed by atoms with Gasteiger partial charge in [0.2, 0.25) is 0 Å². The lowest BCUT2D eigenvalue weighted by atomic mass is 10.1. The van der Waals surface area contributed by atoms with Crippen molar-refractivity contribution < 1.29 is 0 Å². The van der Waals surface area contributed by atoms with Crippen molar-refractivity contribution in [2.24, 2.45) is 0 Å². The summed E-state index contributed by atoms with van der Waals surface area (Å²) in [6, 6.07) is 6.85. The van der Waals surface area contributed by atoms with Crippen LogP contribution in [0.4, 0.5) is 11.4 Å². The van der Waals surface area contributed by atoms with E-state index >= 15 is 0 Å². The topological polar surface area (TPSA) is 75.8 Å². The fraction of sp³-hybridized carbons (Fsp3) is 0. The Kier molecular flexibility index (Phi) is 2.20. The van der Waals surface area contributed by atoms with Crippen LogP contribution in [0.3, 0.4) is 0 Å². The molecule has 0 fully saturated rings. The number of hydrogen-bond acceptors (Lipinski definition) is 3. The highest BCUT2D eigenvalue weighted by molar-refractivity contribution is 5.71. The first kappa shape index (κ1) is 7.97. The third-order valence-corrected chi connectivity index (χ3v) is 1.39. The van der Waals surface area contributed by atoms with Crippen molar-refractivity contribution in [2.75, 3.05) is 11.5 Å². The van der Waals surface area contributed by atoms with E-state index in [1.165, 1.54) is 0 Å². The minimum Gasteiger partial charge on any atom is -0.397 e. The minimum absolute atomic E-state index is 0.431. The van der Waals surface area contributed by atoms with E-state index in [9.17, 15) is 0 Å². The van der Waals surface area contributed by atoms with Crippen LogP contribution < -0.4 is 11.5 Å². The highest BCUT2D eigenvalue weighted by Gasteiger charge is 1.97. The summed E-state index contributed by atoms with van der Waals surface area (Å²) in [6.45, 7) is 0. The molecule has 0 radical (unpaired) electrons. The van der Waals surface area contributed by atoms with Crippen LogP contribution in [0.5, 0.6) is 0 Å². The fourth-order valence-corrected chi connectivity index (χ4v) is 0.787. The van der Waals surface area contributed by atoms with Gasteiger partial charge in [0.25, 0.3) is 0 Å². The van der Waals surface area contributed by atoms with Crippen molar-refractivity contribution in [1.29, 1.82) is 5.26 Å². The van der Waals surface area contributed by atoms with E-state index in [-0.39, 0.29) is 0 Å². The van der Waals surface area contributed by atoms with Crippen LogP contribution in [-0.4, -0.2) is 0 Å². The van der Waals surface area contributed by atoms with Crippen molar-refractivity contribution in [1.82, 2.24) is 0 Å². The van der Waals surface area contributed by atoms with Gasteiger partial charge in [-0.1, -0.05) is 6.07 Å². The summed E-state index contributed by atoms with van der Waals surface area (Å²) in [5.74, 6) is 4.84. The second kappa shape index (κ2) is 3.32. The van der Waals surface area contributed by atoms with Crippen molar-refractivity contribution in [3.63, 3.8) is 0 Å². The third-order valence-electron chi connectivity index (χ3n) is 1.39. The molecule has 0 aromatic heterocycles. The van der Waals surface area contributed by atoms with Crippen molar-refractivity contribution in [2.45, 2.75) is 0 Å². The fourth-order valence-electron chi connectivity index (χ4n) is 0.787. The number of anilines is 2. The van der Waals surface area contributed by atoms with Crippen molar-refractivity contribution >= 4 is 11.4 Å². The van der Waals surface area contributed by atoms with Gasteiger partial charge in [-0.25, -0.2) is 0 Å². The molecule has 1 rings (SSSR count). The van der Waals surface area contributed by atoms with Crippen molar-refractivity contribution in [3.8, 4) is 17.9 Å². The van der Waals surface area contributed by atoms with Crippen LogP contribution in [0.15, 0.2) is 18.2 Å². The smallest absolute Gasteiger partial charge is 0.152 e. The Labute approximate surface area is 70.6 Å². The Bertz CT molecular complexity index is 390. The number of nitrogens with two attached hydrogens (primary N) is 2. The number of hydrogen-bond donors (Lipinski definition) is 2. The van der Waals surface area contributed by atoms with Gasteiger partial charge >= 0.3 is 0 Å². The molecule has 4 N–H and O–H groups in total. The van der Waals surface area contributed by atoms with Gasteiger partial charge < -0.3 is 11.5 Å². The molecule has 0 spiro atoms. The number of benzene rings is 1. The Morgan fingerprint density at radius 3 is 2.67 bits per heavy atom. The summed E-state index contributed by atoms with van der Waals surface area (Å²) in [7, 11) is 0. The molecule has 58 valence electrons. The first-order valence-electron chi connectivity index (χ1n) is 3.29. The molecule has 0 unspecified atom stereocenters. The standard InChI is InChI=1S/C9H7N3/c10-6-2-4-7-3-1-5-8(11)9(7)12/h1,3,5H,11-12H2. The highest BCUT2D eigenvalue weighted by atomic mass is 14.7. The van der Waals surface area contributed by atoms with Gasteiger partial charge in [0.15, 0.2) is 6.07 Å². The Morgan fingerprint density at radius 2 is 2.00 bits per heavy atom. The predicted molar refractivity (Wildman–Crippen MR) is 47.8 cm³/mol. The molecule has 1 aromatic carbocycles. The van der Waals surface area contributed by atoms with E-state index < -0.39 is 0 Å². The first-order valence-corrected chi connectivity index (χ1v) is 3.29. The SMILES string of the molecule is N#CC#Cc1cccc(N)c1N. The molecule has 3 nitrogen and oxygen atoms in total. The highest BCUT2D eigenvalue weighted by Crippen LogP contribution is 2.17. The van der Waals surface area contributed by atoms with Crippen LogP contribution in [0.1, 0.15) is 5.56 Å². The second-order valence-electron chi connectivity index (χ2n) is 2.17. The Balaban J connectivity index is 3.19. The maximum atomic E-state index is 8.19. The molecular weight excluding hydrogens is 150 g/mol. The zero-order chi connectivity index (χ0) is 8.97. The van der Waals surface area contributed by atoms with E-state index in [2.05, 4.69) is 11.8 Å². The van der Waals surface area contributed by atoms with Gasteiger partial charge in [0.05, 0.1) is 16.9 Å². The molecular formula is C9H7N3. The predicted octanol–water partition coefficient (Wildman–Crippen LogP) is 0.726. The van der Waals surface area contributed by atoms with E-state index in [1.54, 1.807) is 24.3 Å². The van der Waals surface area contributed by atoms with Gasteiger partial charge in [0.1, 0.15) is 0 Å². The van der Waals surface area contributed by atoms with E-state index in [1.807, 2.05) is 0 Å². The van der Waals surface area contributed by atoms with Gasteiger partial charge in [-0.15, -0.1) is 0 Å². The zero-order valence-corrected chi connectivity index (χ0v) is 6.33. The largest absolute Gasteiger partial charge is 0.397 e. The molecule has 0 aliphatic rings. The summed E-state index contributed by atoms with van der Waals surface area (Å²) >= 11 is 0. The monoisotopic (exact) mass is 157 g/mol. The normalized spacial score (nSPS) is 7.92. The van der Waals surface area contributed by atoms with Crippen LogP contribution >= 0.6 is 0 Å². The number of nitrogens with zero attached hydrogens (tertiary/aromatic N) is 1. The molecule has 0 amide bonds. The average molecular weight is 157 g/mol. The molecule has 0 heterocycles. The number of rotatable bonds is 0. The molecule has 0 saturated heterocycles. The first-order chi connectivity index (χ1) is 5.75. The summed E-state index contributed by atoms with van der Waals surface area (Å²) in [6.07, 6.45) is 0. The molecule has 0 aliphatic carbocycles. The quantitative estimate of drug-likeness (QED) is 0.430. The van der Waals surface area contributed by atoms with Crippen LogP contribution in [0.2, 0.25) is 0 Å². The lowest BCUT2D eigenvalue weighted by molar-refractivity contribution is 1.55. The number of nitrogen functional groups attached to an aromatic ring is 2. The Hall–Kier alpha value is -2.13. The third kappa shape index (κ3) is 1.47. The van der Waals surface area contributed by atoms with E-state index in [0.29, 0.717) is 16.9 Å². The molecule has 0 atom stereocenters. The molecule has 12 heavy (non-hydrogen) atoms. The molecule has 0 bridgehead atoms. The molecule has 0 aliphatic heterocycles. The Morgan fingerprint density at radius 1 is 1.25 bits per heavy atom. The van der Waals surface area contributed by atoms with Crippen LogP contribution in [-0.2, 0) is 0 Å². The summed E-state index contributed by atoms with van der Waals surface area (Å²) in [4.78, 5) is 0. The average Bonchev–Trinajstić information content (AvgIpc) is 2.08. The van der Waals surface area contributed by atoms with Gasteiger partial charge in [0, 0.05) is 5.92 Å². The molecule has 1 aromatic rings. The minimum atomic E-state index is 0.431. The summed E-state index contributed by atoms with van der Waals surface area (Å²) in [5.41, 5.74) is 12.6. The zero-order valence-electron chi connectivity index (χ0n) is 6.33. The van der Waals surface area contributed by atoms with Gasteiger partial charge in [-0.3, -0.25) is 0 Å². The number of para-hydroxylation sites is 1. The second-order valence-corrected chi connectivity index (χ2v) is 2.17. The summed E-state index contributed by atoms with van der Waals surface area (Å²) < 4.78 is 0. The molecule has 0 saturated carbocycles. The maximum absolute atomic E-state index is 8.19. The van der Waals surface area contributed by atoms with Gasteiger partial charge in [-0.2, -0.15) is 5.26 Å². The van der Waals surface area contributed by atoms with Crippen LogP contribution in [0, 0.1) is 23.2 Å². The number of nitriles is 1. The summed E-state index contributed by atoms with van der Waals surface area (Å²) in [5, 5.41) is 8.19. The molecule has 3 heteroatoms. The lowest BCUT2D eigenvalue weighted by Gasteiger charge is -2.00. The van der Waals surface area contributed by atoms with Crippen LogP contribution in [0.25, 0.3) is 0 Å². The maximum Gasteiger partial charge on any atom is 0.152 e. The van der Waals surface area contributed by atoms with E-state index in [0.717, 1.165) is 0 Å². The lowest BCUT2D eigenvalue weighted by Crippen LogP contribution is -1.96. The van der Waals surface area contributed by atoms with Crippen molar-refractivity contribution in [3.05, 3.63) is 23.8 Å².